The van der Waals surface area contributed by atoms with Crippen molar-refractivity contribution in [2.24, 2.45) is 16.7 Å². The van der Waals surface area contributed by atoms with Gasteiger partial charge in [0.2, 0.25) is 5.91 Å². The first-order chi connectivity index (χ1) is 16.6. The van der Waals surface area contributed by atoms with Crippen molar-refractivity contribution >= 4 is 23.8 Å². The van der Waals surface area contributed by atoms with Gasteiger partial charge in [-0.15, -0.1) is 0 Å². The number of alkyl carbamates (subject to hydrolysis) is 1. The van der Waals surface area contributed by atoms with Crippen molar-refractivity contribution in [2.75, 3.05) is 12.0 Å². The molecule has 6 rings (SSSR count). The average molecular weight is 499 g/mol. The molecule has 0 aliphatic heterocycles. The van der Waals surface area contributed by atoms with Gasteiger partial charge in [-0.25, -0.2) is 4.79 Å². The van der Waals surface area contributed by atoms with E-state index in [2.05, 4.69) is 47.2 Å². The van der Waals surface area contributed by atoms with Gasteiger partial charge >= 0.3 is 6.09 Å². The van der Waals surface area contributed by atoms with Crippen molar-refractivity contribution < 1.29 is 14.3 Å². The summed E-state index contributed by atoms with van der Waals surface area (Å²) in [5.41, 5.74) is 0.992. The summed E-state index contributed by atoms with van der Waals surface area (Å²) in [6, 6.07) is 11.3. The first-order valence-electron chi connectivity index (χ1n) is 13.4. The van der Waals surface area contributed by atoms with Gasteiger partial charge in [-0.2, -0.15) is 11.8 Å². The lowest BCUT2D eigenvalue weighted by molar-refractivity contribution is -0.136. The zero-order valence-electron chi connectivity index (χ0n) is 21.8. The fourth-order valence-corrected chi connectivity index (χ4v) is 9.44. The minimum absolute atomic E-state index is 0.116. The topological polar surface area (TPSA) is 67.4 Å². The quantitative estimate of drug-likeness (QED) is 0.519. The van der Waals surface area contributed by atoms with E-state index in [0.29, 0.717) is 11.8 Å². The van der Waals surface area contributed by atoms with Gasteiger partial charge in [-0.3, -0.25) is 4.79 Å². The van der Waals surface area contributed by atoms with Crippen molar-refractivity contribution in [3.8, 4) is 0 Å². The third-order valence-corrected chi connectivity index (χ3v) is 10.2. The maximum Gasteiger partial charge on any atom is 0.407 e. The number of hydrogen-bond donors (Lipinski definition) is 2. The zero-order chi connectivity index (χ0) is 24.9. The molecule has 1 aromatic rings. The van der Waals surface area contributed by atoms with Crippen molar-refractivity contribution in [2.45, 2.75) is 102 Å². The van der Waals surface area contributed by atoms with E-state index in [1.54, 1.807) is 0 Å². The molecule has 5 aliphatic carbocycles. The van der Waals surface area contributed by atoms with Crippen LogP contribution in [0.3, 0.4) is 0 Å². The summed E-state index contributed by atoms with van der Waals surface area (Å²) in [6.07, 6.45) is 11.1. The lowest BCUT2D eigenvalue weighted by Gasteiger charge is -2.41. The molecule has 4 unspecified atom stereocenters. The summed E-state index contributed by atoms with van der Waals surface area (Å²) < 4.78 is 5.42. The van der Waals surface area contributed by atoms with Crippen molar-refractivity contribution in [3.05, 3.63) is 35.9 Å². The van der Waals surface area contributed by atoms with Crippen LogP contribution in [0.15, 0.2) is 30.3 Å². The summed E-state index contributed by atoms with van der Waals surface area (Å²) in [7, 11) is 0. The summed E-state index contributed by atoms with van der Waals surface area (Å²) in [6.45, 7) is 5.65. The number of carbonyl (C=O) groups excluding carboxylic acids is 2. The summed E-state index contributed by atoms with van der Waals surface area (Å²) in [5, 5.41) is 6.56. The number of hydrogen-bond acceptors (Lipinski definition) is 4. The van der Waals surface area contributed by atoms with Crippen LogP contribution in [0.2, 0.25) is 0 Å². The Kier molecular flexibility index (Phi) is 6.43. The Morgan fingerprint density at radius 2 is 1.63 bits per heavy atom. The second-order valence-corrected chi connectivity index (χ2v) is 13.8. The summed E-state index contributed by atoms with van der Waals surface area (Å²) in [4.78, 5) is 26.3. The molecule has 6 heteroatoms. The van der Waals surface area contributed by atoms with Gasteiger partial charge in [0.1, 0.15) is 5.60 Å². The lowest BCUT2D eigenvalue weighted by atomic mass is 9.63. The maximum atomic E-state index is 14.1. The number of carbonyl (C=O) groups is 2. The second-order valence-electron chi connectivity index (χ2n) is 12.9. The Balaban J connectivity index is 1.26. The van der Waals surface area contributed by atoms with E-state index in [1.807, 2.05) is 32.5 Å². The van der Waals surface area contributed by atoms with Crippen molar-refractivity contribution in [1.82, 2.24) is 10.6 Å². The molecule has 5 aliphatic rings. The van der Waals surface area contributed by atoms with E-state index in [-0.39, 0.29) is 34.4 Å². The van der Waals surface area contributed by atoms with Crippen LogP contribution < -0.4 is 10.6 Å². The zero-order valence-corrected chi connectivity index (χ0v) is 22.6. The molecule has 35 heavy (non-hydrogen) atoms. The number of ether oxygens (including phenoxy) is 1. The SMILES string of the molecule is CSCC12CC3CC(c4ccccc4)(C1)CC2(C(=O)N[C@H]1CC[C@H](NC(=O)OC(C)(C)C)CC1)C3. The van der Waals surface area contributed by atoms with Crippen molar-refractivity contribution in [3.63, 3.8) is 0 Å². The molecule has 2 amide bonds. The molecule has 0 spiro atoms. The molecule has 0 radical (unpaired) electrons. The van der Waals surface area contributed by atoms with Crippen LogP contribution in [0.5, 0.6) is 0 Å². The normalized spacial score (nSPS) is 37.8. The monoisotopic (exact) mass is 498 g/mol. The van der Waals surface area contributed by atoms with E-state index < -0.39 is 5.60 Å². The predicted molar refractivity (Wildman–Crippen MR) is 141 cm³/mol. The number of amides is 2. The van der Waals surface area contributed by atoms with Gasteiger partial charge in [-0.1, -0.05) is 30.3 Å². The number of thioether (sulfide) groups is 1. The molecule has 1 aromatic carbocycles. The molecule has 4 bridgehead atoms. The van der Waals surface area contributed by atoms with Crippen LogP contribution in [0, 0.1) is 16.7 Å². The van der Waals surface area contributed by atoms with Crippen molar-refractivity contribution in [1.29, 1.82) is 0 Å². The molecule has 5 saturated carbocycles. The third-order valence-electron chi connectivity index (χ3n) is 9.35. The molecule has 4 atom stereocenters. The van der Waals surface area contributed by atoms with Crippen LogP contribution in [-0.2, 0) is 14.9 Å². The van der Waals surface area contributed by atoms with Gasteiger partial charge in [0, 0.05) is 12.1 Å². The Labute approximate surface area is 214 Å². The first-order valence-corrected chi connectivity index (χ1v) is 14.8. The highest BCUT2D eigenvalue weighted by Crippen LogP contribution is 2.77. The van der Waals surface area contributed by atoms with Crippen LogP contribution in [-0.4, -0.2) is 41.7 Å². The van der Waals surface area contributed by atoms with Gasteiger partial charge in [0.05, 0.1) is 5.41 Å². The van der Waals surface area contributed by atoms with Gasteiger partial charge in [0.15, 0.2) is 0 Å². The van der Waals surface area contributed by atoms with E-state index in [9.17, 15) is 9.59 Å². The molecule has 0 saturated heterocycles. The molecule has 5 nitrogen and oxygen atoms in total. The van der Waals surface area contributed by atoms with E-state index in [4.69, 9.17) is 4.74 Å². The molecule has 5 fully saturated rings. The predicted octanol–water partition coefficient (Wildman–Crippen LogP) is 5.82. The fourth-order valence-electron chi connectivity index (χ4n) is 8.39. The Bertz CT molecular complexity index is 954. The molecular weight excluding hydrogens is 456 g/mol. The highest BCUT2D eigenvalue weighted by atomic mass is 32.2. The minimum Gasteiger partial charge on any atom is -0.444 e. The van der Waals surface area contributed by atoms with E-state index >= 15 is 0 Å². The average Bonchev–Trinajstić information content (AvgIpc) is 3.13. The van der Waals surface area contributed by atoms with E-state index in [1.165, 1.54) is 18.4 Å². The lowest BCUT2D eigenvalue weighted by Crippen LogP contribution is -2.52. The second kappa shape index (κ2) is 9.00. The minimum atomic E-state index is -0.488. The Morgan fingerprint density at radius 1 is 0.971 bits per heavy atom. The van der Waals surface area contributed by atoms with Crippen LogP contribution in [0.25, 0.3) is 0 Å². The van der Waals surface area contributed by atoms with Gasteiger partial charge in [-0.05, 0) is 113 Å². The highest BCUT2D eigenvalue weighted by molar-refractivity contribution is 7.98. The molecule has 0 heterocycles. The Hall–Kier alpha value is -1.69. The van der Waals surface area contributed by atoms with E-state index in [0.717, 1.165) is 50.7 Å². The smallest absolute Gasteiger partial charge is 0.407 e. The molecule has 0 aromatic heterocycles. The Morgan fingerprint density at radius 3 is 2.26 bits per heavy atom. The standard InChI is InChI=1S/C29H42N2O3S/c1-26(2,3)34-25(33)31-23-12-10-22(11-13-23)30-24(32)29-16-20-14-27(18-29,21-8-6-5-7-9-21)17-28(29,15-20)19-35-4/h5-9,20,22-23H,10-19H2,1-4H3,(H,30,32)(H,31,33)/t20?,22-,23-,27?,28?,29?. The molecule has 192 valence electrons. The van der Waals surface area contributed by atoms with Crippen LogP contribution in [0.1, 0.15) is 84.1 Å². The van der Waals surface area contributed by atoms with Gasteiger partial charge < -0.3 is 15.4 Å². The van der Waals surface area contributed by atoms with Crippen LogP contribution >= 0.6 is 11.8 Å². The largest absolute Gasteiger partial charge is 0.444 e. The number of benzene rings is 1. The third kappa shape index (κ3) is 4.49. The summed E-state index contributed by atoms with van der Waals surface area (Å²) in [5.74, 6) is 2.05. The van der Waals surface area contributed by atoms with Crippen LogP contribution in [0.4, 0.5) is 4.79 Å². The first kappa shape index (κ1) is 25.0. The maximum absolute atomic E-state index is 14.1. The molecular formula is C29H42N2O3S. The number of nitrogens with one attached hydrogen (secondary N) is 2. The fraction of sp³-hybridized carbons (Fsp3) is 0.724. The van der Waals surface area contributed by atoms with Gasteiger partial charge in [0.25, 0.3) is 0 Å². The number of rotatable bonds is 6. The molecule has 2 N–H and O–H groups in total. The summed E-state index contributed by atoms with van der Waals surface area (Å²) >= 11 is 1.92. The highest BCUT2D eigenvalue weighted by Gasteiger charge is 2.74.